The largest absolute Gasteiger partial charge is 0.356 e. The monoisotopic (exact) mass is 785 g/mol. The average molecular weight is 785 g/mol. The van der Waals surface area contributed by atoms with Crippen molar-refractivity contribution < 1.29 is 0 Å². The van der Waals surface area contributed by atoms with Crippen LogP contribution in [0.15, 0.2) is 12.4 Å². The third-order valence-corrected chi connectivity index (χ3v) is 13.3. The normalized spacial score (nSPS) is 14.2. The summed E-state index contributed by atoms with van der Waals surface area (Å²) in [5.74, 6) is 0. The summed E-state index contributed by atoms with van der Waals surface area (Å²) in [6, 6.07) is 0. The molecule has 0 aliphatic carbocycles. The topological polar surface area (TPSA) is 6.48 Å². The van der Waals surface area contributed by atoms with Gasteiger partial charge in [-0.3, -0.25) is 0 Å². The van der Waals surface area contributed by atoms with Gasteiger partial charge in [0.1, 0.15) is 6.17 Å². The highest BCUT2D eigenvalue weighted by atomic mass is 15.4. The molecule has 334 valence electrons. The van der Waals surface area contributed by atoms with E-state index in [9.17, 15) is 0 Å². The Bertz CT molecular complexity index is 747. The van der Waals surface area contributed by atoms with Crippen LogP contribution in [0.4, 0.5) is 0 Å². The summed E-state index contributed by atoms with van der Waals surface area (Å²) in [5, 5.41) is 0. The van der Waals surface area contributed by atoms with Gasteiger partial charge < -0.3 is 9.80 Å². The lowest BCUT2D eigenvalue weighted by Gasteiger charge is -2.33. The van der Waals surface area contributed by atoms with E-state index in [0.29, 0.717) is 6.17 Å². The van der Waals surface area contributed by atoms with Crippen molar-refractivity contribution in [2.24, 2.45) is 0 Å². The van der Waals surface area contributed by atoms with Gasteiger partial charge in [0.05, 0.1) is 0 Å². The lowest BCUT2D eigenvalue weighted by molar-refractivity contribution is 0.135. The summed E-state index contributed by atoms with van der Waals surface area (Å²) < 4.78 is 0. The number of hydrogen-bond acceptors (Lipinski definition) is 2. The number of unbranched alkanes of at least 4 members (excludes halogenated alkanes) is 42. The second-order valence-electron chi connectivity index (χ2n) is 18.9. The zero-order valence-electron chi connectivity index (χ0n) is 39.6. The standard InChI is InChI=1S/C54H108N2/c1-4-7-10-13-16-19-22-25-28-29-30-33-36-39-42-45-48-51-56-53-52-55(50-47-44-41-38-35-32-27-24-21-18-15-12-9-6-3)54(56)49-46-43-40-37-34-31-26-23-20-17-14-11-8-5-2/h52-54H,4-51H2,1-3H3. The van der Waals surface area contributed by atoms with Crippen LogP contribution in [0.1, 0.15) is 316 Å². The molecule has 56 heavy (non-hydrogen) atoms. The SMILES string of the molecule is CCCCCCCCCCCCCCCCCCCN1C=CN(CCCCCCCCCCCCCCCC)C1CCCCCCCCCCCCCCCC. The van der Waals surface area contributed by atoms with Gasteiger partial charge >= 0.3 is 0 Å². The van der Waals surface area contributed by atoms with E-state index >= 15 is 0 Å². The fraction of sp³-hybridized carbons (Fsp3) is 0.963. The molecular formula is C54H108N2. The van der Waals surface area contributed by atoms with Crippen LogP contribution in [-0.4, -0.2) is 29.1 Å². The Kier molecular flexibility index (Phi) is 43.3. The second-order valence-corrected chi connectivity index (χ2v) is 18.9. The second kappa shape index (κ2) is 45.4. The maximum absolute atomic E-state index is 2.75. The molecule has 0 amide bonds. The maximum Gasteiger partial charge on any atom is 0.101 e. The molecule has 1 rings (SSSR count). The van der Waals surface area contributed by atoms with E-state index in [1.807, 2.05) is 0 Å². The molecule has 0 aromatic carbocycles. The third kappa shape index (κ3) is 36.4. The van der Waals surface area contributed by atoms with Crippen LogP contribution in [0.3, 0.4) is 0 Å². The van der Waals surface area contributed by atoms with Gasteiger partial charge in [0.25, 0.3) is 0 Å². The molecule has 0 radical (unpaired) electrons. The number of hydrogen-bond donors (Lipinski definition) is 0. The van der Waals surface area contributed by atoms with Crippen molar-refractivity contribution in [1.29, 1.82) is 0 Å². The minimum Gasteiger partial charge on any atom is -0.356 e. The Morgan fingerprint density at radius 3 is 0.625 bits per heavy atom. The minimum absolute atomic E-state index is 0.635. The maximum atomic E-state index is 2.75. The summed E-state index contributed by atoms with van der Waals surface area (Å²) >= 11 is 0. The van der Waals surface area contributed by atoms with Crippen LogP contribution in [-0.2, 0) is 0 Å². The van der Waals surface area contributed by atoms with Gasteiger partial charge in [-0.1, -0.05) is 290 Å². The van der Waals surface area contributed by atoms with E-state index in [2.05, 4.69) is 43.0 Å². The Morgan fingerprint density at radius 2 is 0.411 bits per heavy atom. The number of rotatable bonds is 48. The Balaban J connectivity index is 2.19. The van der Waals surface area contributed by atoms with Crippen molar-refractivity contribution in [3.05, 3.63) is 12.4 Å². The summed E-state index contributed by atoms with van der Waals surface area (Å²) in [4.78, 5) is 5.49. The van der Waals surface area contributed by atoms with Crippen LogP contribution < -0.4 is 0 Å². The highest BCUT2D eigenvalue weighted by molar-refractivity contribution is 4.97. The Labute approximate surface area is 356 Å². The first-order valence-corrected chi connectivity index (χ1v) is 27.0. The van der Waals surface area contributed by atoms with Crippen LogP contribution in [0.5, 0.6) is 0 Å². The summed E-state index contributed by atoms with van der Waals surface area (Å²) in [5.41, 5.74) is 0. The van der Waals surface area contributed by atoms with E-state index in [0.717, 1.165) is 0 Å². The molecule has 2 nitrogen and oxygen atoms in total. The van der Waals surface area contributed by atoms with Crippen molar-refractivity contribution in [2.75, 3.05) is 13.1 Å². The van der Waals surface area contributed by atoms with E-state index in [1.54, 1.807) is 0 Å². The minimum atomic E-state index is 0.635. The van der Waals surface area contributed by atoms with Gasteiger partial charge in [-0.15, -0.1) is 0 Å². The molecular weight excluding hydrogens is 677 g/mol. The molecule has 0 saturated heterocycles. The molecule has 0 saturated carbocycles. The molecule has 1 aliphatic rings. The smallest absolute Gasteiger partial charge is 0.101 e. The van der Waals surface area contributed by atoms with Crippen molar-refractivity contribution in [3.63, 3.8) is 0 Å². The highest BCUT2D eigenvalue weighted by Crippen LogP contribution is 2.24. The first-order valence-electron chi connectivity index (χ1n) is 27.0. The zero-order chi connectivity index (χ0) is 40.1. The molecule has 0 N–H and O–H groups in total. The quantitative estimate of drug-likeness (QED) is 0.0567. The first kappa shape index (κ1) is 53.4. The summed E-state index contributed by atoms with van der Waals surface area (Å²) in [6.45, 7) is 9.50. The average Bonchev–Trinajstić information content (AvgIpc) is 3.59. The van der Waals surface area contributed by atoms with Gasteiger partial charge in [0.15, 0.2) is 0 Å². The molecule has 1 unspecified atom stereocenters. The van der Waals surface area contributed by atoms with Gasteiger partial charge in [-0.2, -0.15) is 0 Å². The fourth-order valence-corrected chi connectivity index (χ4v) is 9.37. The van der Waals surface area contributed by atoms with E-state index < -0.39 is 0 Å². The zero-order valence-corrected chi connectivity index (χ0v) is 39.6. The lowest BCUT2D eigenvalue weighted by atomic mass is 10.0. The fourth-order valence-electron chi connectivity index (χ4n) is 9.37. The van der Waals surface area contributed by atoms with Crippen LogP contribution in [0.25, 0.3) is 0 Å². The summed E-state index contributed by atoms with van der Waals surface area (Å²) in [6.07, 6.45) is 72.3. The molecule has 1 heterocycles. The van der Waals surface area contributed by atoms with Gasteiger partial charge in [-0.05, 0) is 25.7 Å². The third-order valence-electron chi connectivity index (χ3n) is 13.3. The van der Waals surface area contributed by atoms with Gasteiger partial charge in [0.2, 0.25) is 0 Å². The van der Waals surface area contributed by atoms with Crippen LogP contribution >= 0.6 is 0 Å². The molecule has 0 bridgehead atoms. The van der Waals surface area contributed by atoms with Crippen molar-refractivity contribution in [2.45, 2.75) is 322 Å². The first-order chi connectivity index (χ1) is 27.8. The molecule has 1 aliphatic heterocycles. The molecule has 0 fully saturated rings. The molecule has 1 atom stereocenters. The van der Waals surface area contributed by atoms with Crippen molar-refractivity contribution >= 4 is 0 Å². The van der Waals surface area contributed by atoms with Crippen molar-refractivity contribution in [3.8, 4) is 0 Å². The predicted octanol–water partition coefficient (Wildman–Crippen LogP) is 19.4. The number of nitrogens with zero attached hydrogens (tertiary/aromatic N) is 2. The van der Waals surface area contributed by atoms with Crippen LogP contribution in [0, 0.1) is 0 Å². The Morgan fingerprint density at radius 1 is 0.232 bits per heavy atom. The van der Waals surface area contributed by atoms with Crippen LogP contribution in [0.2, 0.25) is 0 Å². The Hall–Kier alpha value is -0.660. The van der Waals surface area contributed by atoms with E-state index in [4.69, 9.17) is 0 Å². The van der Waals surface area contributed by atoms with E-state index in [1.165, 1.54) is 308 Å². The molecule has 0 aromatic heterocycles. The van der Waals surface area contributed by atoms with E-state index in [-0.39, 0.29) is 0 Å². The lowest BCUT2D eigenvalue weighted by Crippen LogP contribution is -2.39. The summed E-state index contributed by atoms with van der Waals surface area (Å²) in [7, 11) is 0. The predicted molar refractivity (Wildman–Crippen MR) is 256 cm³/mol. The molecule has 2 heteroatoms. The van der Waals surface area contributed by atoms with Crippen molar-refractivity contribution in [1.82, 2.24) is 9.80 Å². The molecule has 0 aromatic rings. The van der Waals surface area contributed by atoms with Gasteiger partial charge in [-0.25, -0.2) is 0 Å². The molecule has 0 spiro atoms. The highest BCUT2D eigenvalue weighted by Gasteiger charge is 2.25. The van der Waals surface area contributed by atoms with Gasteiger partial charge in [0, 0.05) is 25.5 Å².